The molecule has 0 aliphatic rings. The molecule has 94 valence electrons. The number of benzene rings is 1. The van der Waals surface area contributed by atoms with Crippen molar-refractivity contribution in [3.63, 3.8) is 0 Å². The van der Waals surface area contributed by atoms with E-state index in [1.807, 2.05) is 0 Å². The van der Waals surface area contributed by atoms with Gasteiger partial charge in [0, 0.05) is 6.92 Å². The summed E-state index contributed by atoms with van der Waals surface area (Å²) in [6, 6.07) is 3.43. The van der Waals surface area contributed by atoms with Crippen LogP contribution in [0, 0.1) is 0 Å². The molecule has 1 aromatic carbocycles. The predicted octanol–water partition coefficient (Wildman–Crippen LogP) is 4.73. The minimum Gasteiger partial charge on any atom is -0.333 e. The van der Waals surface area contributed by atoms with Gasteiger partial charge in [-0.15, -0.1) is 12.6 Å². The van der Waals surface area contributed by atoms with Crippen molar-refractivity contribution < 1.29 is 13.2 Å². The van der Waals surface area contributed by atoms with Crippen LogP contribution in [-0.4, -0.2) is 16.1 Å². The van der Waals surface area contributed by atoms with Crippen molar-refractivity contribution in [1.82, 2.24) is 9.97 Å². The number of hydrogen-bond acceptors (Lipinski definition) is 2. The molecule has 2 rings (SSSR count). The number of thiol groups is 1. The van der Waals surface area contributed by atoms with Gasteiger partial charge in [0.2, 0.25) is 0 Å². The molecule has 1 heterocycles. The third-order valence-corrected chi connectivity index (χ3v) is 2.45. The highest BCUT2D eigenvalue weighted by Gasteiger charge is 2.15. The van der Waals surface area contributed by atoms with Crippen LogP contribution in [-0.2, 0) is 0 Å². The molecular formula is C9H7Cl2F3N2S. The molecule has 1 aromatic heterocycles. The lowest BCUT2D eigenvalue weighted by atomic mass is 10.3. The summed E-state index contributed by atoms with van der Waals surface area (Å²) in [7, 11) is 0. The minimum absolute atomic E-state index is 0.188. The van der Waals surface area contributed by atoms with Gasteiger partial charge in [0.1, 0.15) is 0 Å². The summed E-state index contributed by atoms with van der Waals surface area (Å²) in [4.78, 5) is 7.02. The van der Waals surface area contributed by atoms with Crippen LogP contribution in [0.2, 0.25) is 10.0 Å². The van der Waals surface area contributed by atoms with Gasteiger partial charge in [-0.25, -0.2) is 4.98 Å². The van der Waals surface area contributed by atoms with Gasteiger partial charge in [-0.3, -0.25) is 0 Å². The number of imidazole rings is 1. The fourth-order valence-electron chi connectivity index (χ4n) is 0.991. The zero-order chi connectivity index (χ0) is 13.2. The Morgan fingerprint density at radius 2 is 1.71 bits per heavy atom. The Morgan fingerprint density at radius 3 is 2.24 bits per heavy atom. The Hall–Kier alpha value is -0.590. The van der Waals surface area contributed by atoms with E-state index in [2.05, 4.69) is 22.6 Å². The highest BCUT2D eigenvalue weighted by atomic mass is 35.5. The molecule has 0 aliphatic carbocycles. The van der Waals surface area contributed by atoms with Crippen molar-refractivity contribution in [2.75, 3.05) is 0 Å². The van der Waals surface area contributed by atoms with Crippen molar-refractivity contribution in [1.29, 1.82) is 0 Å². The third-order valence-electron chi connectivity index (χ3n) is 1.51. The first-order valence-electron chi connectivity index (χ1n) is 4.27. The maximum absolute atomic E-state index is 10.4. The quantitative estimate of drug-likeness (QED) is 0.677. The number of alkyl halides is 3. The molecule has 1 N–H and O–H groups in total. The molecule has 0 aliphatic heterocycles. The molecule has 8 heteroatoms. The number of H-pyrrole nitrogens is 1. The van der Waals surface area contributed by atoms with E-state index in [0.29, 0.717) is 15.2 Å². The average molecular weight is 303 g/mol. The minimum atomic E-state index is -4.00. The van der Waals surface area contributed by atoms with E-state index in [1.54, 1.807) is 12.1 Å². The van der Waals surface area contributed by atoms with Gasteiger partial charge in [0.15, 0.2) is 5.16 Å². The van der Waals surface area contributed by atoms with E-state index >= 15 is 0 Å². The molecule has 2 aromatic rings. The SMILES string of the molecule is CC(F)(F)F.Sc1nc2cc(Cl)c(Cl)cc2[nH]1. The molecular weight excluding hydrogens is 296 g/mol. The molecule has 0 fully saturated rings. The lowest BCUT2D eigenvalue weighted by Crippen LogP contribution is -1.95. The molecule has 0 radical (unpaired) electrons. The number of nitrogens with one attached hydrogen (secondary N) is 1. The smallest absolute Gasteiger partial charge is 0.333 e. The van der Waals surface area contributed by atoms with Gasteiger partial charge in [0.25, 0.3) is 0 Å². The van der Waals surface area contributed by atoms with Crippen molar-refractivity contribution in [2.24, 2.45) is 0 Å². The van der Waals surface area contributed by atoms with Gasteiger partial charge >= 0.3 is 6.18 Å². The van der Waals surface area contributed by atoms with Crippen molar-refractivity contribution in [2.45, 2.75) is 18.3 Å². The summed E-state index contributed by atoms with van der Waals surface area (Å²) in [5.41, 5.74) is 1.61. The fraction of sp³-hybridized carbons (Fsp3) is 0.222. The van der Waals surface area contributed by atoms with Crippen LogP contribution in [0.25, 0.3) is 11.0 Å². The largest absolute Gasteiger partial charge is 0.386 e. The number of rotatable bonds is 0. The van der Waals surface area contributed by atoms with Gasteiger partial charge in [-0.2, -0.15) is 13.2 Å². The van der Waals surface area contributed by atoms with Crippen LogP contribution in [0.4, 0.5) is 13.2 Å². The Bertz CT molecular complexity index is 480. The van der Waals surface area contributed by atoms with Crippen LogP contribution in [0.5, 0.6) is 0 Å². The first-order chi connectivity index (χ1) is 7.66. The van der Waals surface area contributed by atoms with Crippen molar-refractivity contribution in [3.05, 3.63) is 22.2 Å². The summed E-state index contributed by atoms with van der Waals surface area (Å²) in [5, 5.41) is 1.58. The third kappa shape index (κ3) is 5.06. The van der Waals surface area contributed by atoms with E-state index in [0.717, 1.165) is 11.0 Å². The zero-order valence-electron chi connectivity index (χ0n) is 8.44. The maximum atomic E-state index is 10.4. The van der Waals surface area contributed by atoms with Crippen molar-refractivity contribution >= 4 is 46.9 Å². The molecule has 0 atom stereocenters. The Labute approximate surface area is 111 Å². The van der Waals surface area contributed by atoms with Gasteiger partial charge in [-0.1, -0.05) is 23.2 Å². The first-order valence-corrected chi connectivity index (χ1v) is 5.47. The lowest BCUT2D eigenvalue weighted by Gasteiger charge is -1.93. The lowest BCUT2D eigenvalue weighted by molar-refractivity contribution is -0.110. The normalized spacial score (nSPS) is 11.2. The van der Waals surface area contributed by atoms with Gasteiger partial charge in [-0.05, 0) is 12.1 Å². The highest BCUT2D eigenvalue weighted by molar-refractivity contribution is 7.80. The van der Waals surface area contributed by atoms with E-state index in [4.69, 9.17) is 23.2 Å². The molecule has 0 saturated carbocycles. The predicted molar refractivity (Wildman–Crippen MR) is 65.1 cm³/mol. The Kier molecular flexibility index (Phi) is 4.57. The standard InChI is InChI=1S/C7H4Cl2N2S.C2H3F3/c8-3-1-5-6(2-4(3)9)11-7(12)10-5;1-2(3,4)5/h1-2H,(H2,10,11,12);1H3. The molecule has 0 unspecified atom stereocenters. The van der Waals surface area contributed by atoms with Crippen LogP contribution in [0.3, 0.4) is 0 Å². The second-order valence-electron chi connectivity index (χ2n) is 3.13. The van der Waals surface area contributed by atoms with Crippen LogP contribution < -0.4 is 0 Å². The average Bonchev–Trinajstić information content (AvgIpc) is 2.42. The van der Waals surface area contributed by atoms with E-state index in [-0.39, 0.29) is 6.92 Å². The molecule has 0 amide bonds. The van der Waals surface area contributed by atoms with E-state index in [1.165, 1.54) is 0 Å². The summed E-state index contributed by atoms with van der Waals surface area (Å²) >= 11 is 15.6. The molecule has 0 spiro atoms. The Balaban J connectivity index is 0.000000249. The maximum Gasteiger partial charge on any atom is 0.386 e. The second kappa shape index (κ2) is 5.37. The molecule has 2 nitrogen and oxygen atoms in total. The van der Waals surface area contributed by atoms with Crippen LogP contribution >= 0.6 is 35.8 Å². The van der Waals surface area contributed by atoms with Crippen LogP contribution in [0.1, 0.15) is 6.92 Å². The number of aromatic nitrogens is 2. The monoisotopic (exact) mass is 302 g/mol. The van der Waals surface area contributed by atoms with E-state index in [9.17, 15) is 13.2 Å². The zero-order valence-corrected chi connectivity index (χ0v) is 10.8. The fourth-order valence-corrected chi connectivity index (χ4v) is 1.54. The summed E-state index contributed by atoms with van der Waals surface area (Å²) in [6.07, 6.45) is -4.00. The summed E-state index contributed by atoms with van der Waals surface area (Å²) in [5.74, 6) is 0. The van der Waals surface area contributed by atoms with Gasteiger partial charge < -0.3 is 4.98 Å². The number of fused-ring (bicyclic) bond motifs is 1. The number of aromatic amines is 1. The number of nitrogens with zero attached hydrogens (tertiary/aromatic N) is 1. The van der Waals surface area contributed by atoms with Crippen LogP contribution in [0.15, 0.2) is 17.3 Å². The molecule has 0 saturated heterocycles. The summed E-state index contributed by atoms with van der Waals surface area (Å²) in [6.45, 7) is 0.188. The topological polar surface area (TPSA) is 28.7 Å². The molecule has 0 bridgehead atoms. The number of halogens is 5. The second-order valence-corrected chi connectivity index (χ2v) is 4.36. The molecule has 17 heavy (non-hydrogen) atoms. The first kappa shape index (κ1) is 14.5. The summed E-state index contributed by atoms with van der Waals surface area (Å²) < 4.78 is 31.1. The van der Waals surface area contributed by atoms with Crippen molar-refractivity contribution in [3.8, 4) is 0 Å². The highest BCUT2D eigenvalue weighted by Crippen LogP contribution is 2.26. The van der Waals surface area contributed by atoms with Gasteiger partial charge in [0.05, 0.1) is 21.1 Å². The Morgan fingerprint density at radius 1 is 1.24 bits per heavy atom. The number of hydrogen-bond donors (Lipinski definition) is 2. The van der Waals surface area contributed by atoms with E-state index < -0.39 is 6.18 Å².